The first-order valence-electron chi connectivity index (χ1n) is 7.38. The van der Waals surface area contributed by atoms with Gasteiger partial charge in [0.25, 0.3) is 10.0 Å². The molecule has 0 radical (unpaired) electrons. The lowest BCUT2D eigenvalue weighted by Gasteiger charge is -2.23. The zero-order chi connectivity index (χ0) is 14.2. The summed E-state index contributed by atoms with van der Waals surface area (Å²) in [7, 11) is -3.52. The molecule has 1 aromatic heterocycles. The van der Waals surface area contributed by atoms with E-state index < -0.39 is 10.0 Å². The van der Waals surface area contributed by atoms with E-state index in [1.165, 1.54) is 19.0 Å². The SMILES string of the molecule is Cl.NCC(NS(=O)(=O)c1cnc2n1CCC2)C1CCCC1. The van der Waals surface area contributed by atoms with Crippen LogP contribution in [0.4, 0.5) is 0 Å². The van der Waals surface area contributed by atoms with E-state index in [1.807, 2.05) is 4.57 Å². The van der Waals surface area contributed by atoms with Gasteiger partial charge < -0.3 is 10.3 Å². The topological polar surface area (TPSA) is 90.0 Å². The number of halogens is 1. The minimum Gasteiger partial charge on any atom is -0.329 e. The Labute approximate surface area is 132 Å². The van der Waals surface area contributed by atoms with E-state index in [9.17, 15) is 8.42 Å². The lowest BCUT2D eigenvalue weighted by molar-refractivity contribution is 0.404. The van der Waals surface area contributed by atoms with Gasteiger partial charge in [-0.2, -0.15) is 0 Å². The van der Waals surface area contributed by atoms with Crippen LogP contribution in [0.15, 0.2) is 11.2 Å². The number of hydrogen-bond acceptors (Lipinski definition) is 4. The predicted molar refractivity (Wildman–Crippen MR) is 82.9 cm³/mol. The van der Waals surface area contributed by atoms with Crippen LogP contribution in [0.2, 0.25) is 0 Å². The third-order valence-electron chi connectivity index (χ3n) is 4.49. The zero-order valence-corrected chi connectivity index (χ0v) is 13.6. The van der Waals surface area contributed by atoms with E-state index in [0.717, 1.165) is 38.1 Å². The molecule has 3 N–H and O–H groups in total. The molecule has 1 unspecified atom stereocenters. The van der Waals surface area contributed by atoms with Gasteiger partial charge in [0.05, 0.1) is 6.20 Å². The molecule has 0 spiro atoms. The highest BCUT2D eigenvalue weighted by Gasteiger charge is 2.31. The van der Waals surface area contributed by atoms with Gasteiger partial charge in [0.2, 0.25) is 0 Å². The van der Waals surface area contributed by atoms with Crippen LogP contribution in [0.1, 0.15) is 37.9 Å². The van der Waals surface area contributed by atoms with Gasteiger partial charge in [0.15, 0.2) is 5.03 Å². The Kier molecular flexibility index (Phi) is 5.29. The Hall–Kier alpha value is -0.630. The average molecular weight is 335 g/mol. The number of nitrogens with two attached hydrogens (primary N) is 1. The second-order valence-electron chi connectivity index (χ2n) is 5.78. The van der Waals surface area contributed by atoms with Crippen LogP contribution in [-0.4, -0.2) is 30.6 Å². The van der Waals surface area contributed by atoms with Crippen molar-refractivity contribution >= 4 is 22.4 Å². The summed E-state index contributed by atoms with van der Waals surface area (Å²) < 4.78 is 29.7. The molecule has 21 heavy (non-hydrogen) atoms. The highest BCUT2D eigenvalue weighted by Crippen LogP contribution is 2.28. The fourth-order valence-electron chi connectivity index (χ4n) is 3.40. The normalized spacial score (nSPS) is 20.2. The van der Waals surface area contributed by atoms with Crippen LogP contribution in [0.25, 0.3) is 0 Å². The zero-order valence-electron chi connectivity index (χ0n) is 12.0. The van der Waals surface area contributed by atoms with Crippen molar-refractivity contribution in [2.45, 2.75) is 56.1 Å². The molecule has 2 heterocycles. The van der Waals surface area contributed by atoms with Crippen molar-refractivity contribution < 1.29 is 8.42 Å². The van der Waals surface area contributed by atoms with Crippen LogP contribution in [0.5, 0.6) is 0 Å². The van der Waals surface area contributed by atoms with E-state index in [0.29, 0.717) is 17.5 Å². The molecule has 0 bridgehead atoms. The van der Waals surface area contributed by atoms with E-state index in [-0.39, 0.29) is 18.4 Å². The molecule has 1 aliphatic heterocycles. The highest BCUT2D eigenvalue weighted by molar-refractivity contribution is 7.89. The maximum atomic E-state index is 12.6. The highest BCUT2D eigenvalue weighted by atomic mass is 35.5. The first kappa shape index (κ1) is 16.7. The maximum absolute atomic E-state index is 12.6. The van der Waals surface area contributed by atoms with Gasteiger partial charge in [0, 0.05) is 25.6 Å². The summed E-state index contributed by atoms with van der Waals surface area (Å²) in [5.74, 6) is 1.24. The summed E-state index contributed by atoms with van der Waals surface area (Å²) in [5, 5.41) is 0.293. The molecule has 8 heteroatoms. The van der Waals surface area contributed by atoms with E-state index in [1.54, 1.807) is 0 Å². The molecular formula is C13H23ClN4O2S. The van der Waals surface area contributed by atoms with Crippen LogP contribution < -0.4 is 10.5 Å². The molecule has 3 rings (SSSR count). The van der Waals surface area contributed by atoms with Crippen molar-refractivity contribution in [3.05, 3.63) is 12.0 Å². The number of aromatic nitrogens is 2. The van der Waals surface area contributed by atoms with E-state index >= 15 is 0 Å². The summed E-state index contributed by atoms with van der Waals surface area (Å²) >= 11 is 0. The molecule has 1 aromatic rings. The molecule has 1 atom stereocenters. The minimum atomic E-state index is -3.52. The number of sulfonamides is 1. The van der Waals surface area contributed by atoms with Crippen molar-refractivity contribution in [2.24, 2.45) is 11.7 Å². The number of nitrogens with zero attached hydrogens (tertiary/aromatic N) is 2. The molecule has 2 aliphatic rings. The number of nitrogens with one attached hydrogen (secondary N) is 1. The third-order valence-corrected chi connectivity index (χ3v) is 5.98. The van der Waals surface area contributed by atoms with Crippen molar-refractivity contribution in [3.8, 4) is 0 Å². The van der Waals surface area contributed by atoms with Crippen LogP contribution >= 0.6 is 12.4 Å². The molecule has 1 fully saturated rings. The molecular weight excluding hydrogens is 312 g/mol. The third kappa shape index (κ3) is 3.26. The van der Waals surface area contributed by atoms with Crippen LogP contribution in [0.3, 0.4) is 0 Å². The van der Waals surface area contributed by atoms with Gasteiger partial charge in [0.1, 0.15) is 5.82 Å². The Morgan fingerprint density at radius 3 is 2.76 bits per heavy atom. The summed E-state index contributed by atoms with van der Waals surface area (Å²) in [4.78, 5) is 4.21. The maximum Gasteiger partial charge on any atom is 0.258 e. The molecule has 1 aliphatic carbocycles. The summed E-state index contributed by atoms with van der Waals surface area (Å²) in [6, 6.07) is -0.157. The second kappa shape index (κ2) is 6.64. The molecule has 6 nitrogen and oxygen atoms in total. The molecule has 1 saturated carbocycles. The average Bonchev–Trinajstić information content (AvgIpc) is 3.11. The quantitative estimate of drug-likeness (QED) is 0.842. The predicted octanol–water partition coefficient (Wildman–Crippen LogP) is 1.05. The number of hydrogen-bond donors (Lipinski definition) is 2. The monoisotopic (exact) mass is 334 g/mol. The first-order chi connectivity index (χ1) is 9.62. The fourth-order valence-corrected chi connectivity index (χ4v) is 4.89. The van der Waals surface area contributed by atoms with Crippen molar-refractivity contribution in [1.82, 2.24) is 14.3 Å². The van der Waals surface area contributed by atoms with Gasteiger partial charge in [-0.25, -0.2) is 18.1 Å². The number of imidazole rings is 1. The van der Waals surface area contributed by atoms with Gasteiger partial charge in [-0.3, -0.25) is 0 Å². The summed E-state index contributed by atoms with van der Waals surface area (Å²) in [6.45, 7) is 1.09. The van der Waals surface area contributed by atoms with Gasteiger partial charge in [-0.15, -0.1) is 12.4 Å². The standard InChI is InChI=1S/C13H22N4O2S.ClH/c14-8-11(10-4-1-2-5-10)16-20(18,19)13-9-15-12-6-3-7-17(12)13;/h9-11,16H,1-8,14H2;1H. The number of aryl methyl sites for hydroxylation is 1. The second-order valence-corrected chi connectivity index (χ2v) is 7.44. The Morgan fingerprint density at radius 1 is 1.38 bits per heavy atom. The summed E-state index contributed by atoms with van der Waals surface area (Å²) in [6.07, 6.45) is 7.77. The van der Waals surface area contributed by atoms with E-state index in [4.69, 9.17) is 5.73 Å². The van der Waals surface area contributed by atoms with Crippen molar-refractivity contribution in [2.75, 3.05) is 6.54 Å². The molecule has 120 valence electrons. The van der Waals surface area contributed by atoms with Gasteiger partial charge >= 0.3 is 0 Å². The first-order valence-corrected chi connectivity index (χ1v) is 8.87. The summed E-state index contributed by atoms with van der Waals surface area (Å²) in [5.41, 5.74) is 5.78. The minimum absolute atomic E-state index is 0. The molecule has 0 amide bonds. The lowest BCUT2D eigenvalue weighted by Crippen LogP contribution is -2.44. The lowest BCUT2D eigenvalue weighted by atomic mass is 9.99. The van der Waals surface area contributed by atoms with E-state index in [2.05, 4.69) is 9.71 Å². The van der Waals surface area contributed by atoms with Crippen molar-refractivity contribution in [3.63, 3.8) is 0 Å². The molecule has 0 aromatic carbocycles. The number of rotatable bonds is 5. The Balaban J connectivity index is 0.00000161. The Morgan fingerprint density at radius 2 is 2.10 bits per heavy atom. The van der Waals surface area contributed by atoms with Gasteiger partial charge in [-0.1, -0.05) is 12.8 Å². The largest absolute Gasteiger partial charge is 0.329 e. The van der Waals surface area contributed by atoms with Crippen LogP contribution in [-0.2, 0) is 23.0 Å². The van der Waals surface area contributed by atoms with Gasteiger partial charge in [-0.05, 0) is 25.2 Å². The Bertz CT molecular complexity index is 581. The smallest absolute Gasteiger partial charge is 0.258 e. The molecule has 0 saturated heterocycles. The fraction of sp³-hybridized carbons (Fsp3) is 0.769. The van der Waals surface area contributed by atoms with Crippen molar-refractivity contribution in [1.29, 1.82) is 0 Å². The number of fused-ring (bicyclic) bond motifs is 1. The van der Waals surface area contributed by atoms with Crippen LogP contribution in [0, 0.1) is 5.92 Å².